The van der Waals surface area contributed by atoms with Gasteiger partial charge in [0.15, 0.2) is 0 Å². The van der Waals surface area contributed by atoms with E-state index >= 15 is 0 Å². The molecule has 18 heavy (non-hydrogen) atoms. The van der Waals surface area contributed by atoms with E-state index in [-0.39, 0.29) is 24.0 Å². The first-order valence-corrected chi connectivity index (χ1v) is 6.19. The summed E-state index contributed by atoms with van der Waals surface area (Å²) in [6.45, 7) is 3.31. The molecule has 1 aliphatic carbocycles. The molecule has 0 bridgehead atoms. The van der Waals surface area contributed by atoms with Gasteiger partial charge >= 0.3 is 5.97 Å². The number of amides is 1. The minimum absolute atomic E-state index is 0.0995. The zero-order valence-corrected chi connectivity index (χ0v) is 10.4. The van der Waals surface area contributed by atoms with Gasteiger partial charge in [0.05, 0.1) is 12.1 Å². The van der Waals surface area contributed by atoms with Gasteiger partial charge in [-0.2, -0.15) is 0 Å². The van der Waals surface area contributed by atoms with Crippen LogP contribution in [0.3, 0.4) is 0 Å². The van der Waals surface area contributed by atoms with Gasteiger partial charge in [-0.15, -0.1) is 0 Å². The van der Waals surface area contributed by atoms with Crippen molar-refractivity contribution >= 4 is 11.9 Å². The summed E-state index contributed by atoms with van der Waals surface area (Å²) in [7, 11) is 0. The molecule has 0 aromatic rings. The average Bonchev–Trinajstić information content (AvgIpc) is 2.19. The Morgan fingerprint density at radius 2 is 2.17 bits per heavy atom. The molecule has 3 atom stereocenters. The first-order chi connectivity index (χ1) is 8.49. The van der Waals surface area contributed by atoms with E-state index in [1.807, 2.05) is 0 Å². The van der Waals surface area contributed by atoms with E-state index in [4.69, 9.17) is 10.8 Å². The molecule has 0 saturated carbocycles. The van der Waals surface area contributed by atoms with Gasteiger partial charge in [0.1, 0.15) is 0 Å². The smallest absolute Gasteiger partial charge is 0.331 e. The predicted molar refractivity (Wildman–Crippen MR) is 65.9 cm³/mol. The van der Waals surface area contributed by atoms with Crippen LogP contribution >= 0.6 is 0 Å². The fourth-order valence-electron chi connectivity index (χ4n) is 2.57. The molecular formula is C12H19N3O3. The number of rotatable bonds is 3. The molecule has 1 aliphatic heterocycles. The summed E-state index contributed by atoms with van der Waals surface area (Å²) >= 11 is 0. The molecule has 1 heterocycles. The third-order valence-electron chi connectivity index (χ3n) is 3.61. The second-order valence-electron chi connectivity index (χ2n) is 4.97. The van der Waals surface area contributed by atoms with Crippen LogP contribution < -0.4 is 11.1 Å². The molecular weight excluding hydrogens is 234 g/mol. The van der Waals surface area contributed by atoms with Crippen molar-refractivity contribution in [2.75, 3.05) is 13.1 Å². The van der Waals surface area contributed by atoms with Gasteiger partial charge in [0.25, 0.3) is 0 Å². The van der Waals surface area contributed by atoms with Gasteiger partial charge in [-0.25, -0.2) is 4.79 Å². The molecule has 0 aromatic carbocycles. The molecule has 2 rings (SSSR count). The molecule has 0 spiro atoms. The van der Waals surface area contributed by atoms with E-state index in [1.165, 1.54) is 6.92 Å². The van der Waals surface area contributed by atoms with Crippen LogP contribution in [0.15, 0.2) is 11.6 Å². The highest BCUT2D eigenvalue weighted by Crippen LogP contribution is 2.25. The lowest BCUT2D eigenvalue weighted by Crippen LogP contribution is -2.63. The third-order valence-corrected chi connectivity index (χ3v) is 3.61. The lowest BCUT2D eigenvalue weighted by Gasteiger charge is -2.45. The summed E-state index contributed by atoms with van der Waals surface area (Å²) in [6.07, 6.45) is 3.14. The van der Waals surface area contributed by atoms with Crippen LogP contribution in [0.25, 0.3) is 0 Å². The van der Waals surface area contributed by atoms with Gasteiger partial charge in [0.2, 0.25) is 5.91 Å². The minimum atomic E-state index is -0.919. The maximum atomic E-state index is 11.2. The minimum Gasteiger partial charge on any atom is -0.478 e. The number of nitrogens with two attached hydrogens (primary N) is 1. The molecule has 2 aliphatic rings. The second kappa shape index (κ2) is 5.07. The van der Waals surface area contributed by atoms with Crippen LogP contribution in [0.1, 0.15) is 19.8 Å². The number of nitrogens with one attached hydrogen (secondary N) is 1. The molecule has 0 radical (unpaired) electrons. The molecule has 0 unspecified atom stereocenters. The Morgan fingerprint density at radius 1 is 1.50 bits per heavy atom. The summed E-state index contributed by atoms with van der Waals surface area (Å²) < 4.78 is 0. The summed E-state index contributed by atoms with van der Waals surface area (Å²) in [4.78, 5) is 24.5. The maximum absolute atomic E-state index is 11.2. The average molecular weight is 253 g/mol. The quantitative estimate of drug-likeness (QED) is 0.618. The monoisotopic (exact) mass is 253 g/mol. The van der Waals surface area contributed by atoms with Crippen molar-refractivity contribution in [3.8, 4) is 0 Å². The standard InChI is InChI=1S/C12H19N3O3/c1-7(16)14-11-9(13)5-8(12(17)18)6-10(11)15-3-2-4-15/h6,9-11H,2-5,13H2,1H3,(H,14,16)(H,17,18)/t9-,10+,11+/m0/s1. The number of carbonyl (C=O) groups excluding carboxylic acids is 1. The molecule has 4 N–H and O–H groups in total. The fraction of sp³-hybridized carbons (Fsp3) is 0.667. The Kier molecular flexibility index (Phi) is 3.68. The summed E-state index contributed by atoms with van der Waals surface area (Å²) in [5.74, 6) is -1.05. The second-order valence-corrected chi connectivity index (χ2v) is 4.97. The molecule has 100 valence electrons. The summed E-state index contributed by atoms with van der Waals surface area (Å²) in [6, 6.07) is -0.654. The zero-order chi connectivity index (χ0) is 13.3. The highest BCUT2D eigenvalue weighted by molar-refractivity contribution is 5.87. The van der Waals surface area contributed by atoms with Crippen molar-refractivity contribution in [3.63, 3.8) is 0 Å². The number of carboxylic acid groups (broad SMARTS) is 1. The Bertz CT molecular complexity index is 390. The highest BCUT2D eigenvalue weighted by atomic mass is 16.4. The molecule has 6 heteroatoms. The number of aliphatic carboxylic acids is 1. The Labute approximate surface area is 106 Å². The Hall–Kier alpha value is -1.40. The third kappa shape index (κ3) is 2.54. The number of likely N-dealkylation sites (tertiary alicyclic amines) is 1. The van der Waals surface area contributed by atoms with E-state index in [2.05, 4.69) is 10.2 Å². The van der Waals surface area contributed by atoms with Gasteiger partial charge in [-0.3, -0.25) is 9.69 Å². The van der Waals surface area contributed by atoms with Crippen molar-refractivity contribution in [3.05, 3.63) is 11.6 Å². The van der Waals surface area contributed by atoms with E-state index < -0.39 is 5.97 Å². The Morgan fingerprint density at radius 3 is 2.61 bits per heavy atom. The van der Waals surface area contributed by atoms with Gasteiger partial charge < -0.3 is 16.2 Å². The normalized spacial score (nSPS) is 32.3. The fourth-order valence-corrected chi connectivity index (χ4v) is 2.57. The van der Waals surface area contributed by atoms with E-state index in [1.54, 1.807) is 6.08 Å². The largest absolute Gasteiger partial charge is 0.478 e. The number of carboxylic acids is 1. The summed E-state index contributed by atoms with van der Waals surface area (Å²) in [5.41, 5.74) is 6.37. The van der Waals surface area contributed by atoms with Crippen LogP contribution in [0.4, 0.5) is 0 Å². The maximum Gasteiger partial charge on any atom is 0.331 e. The van der Waals surface area contributed by atoms with Crippen LogP contribution in [0.5, 0.6) is 0 Å². The lowest BCUT2D eigenvalue weighted by atomic mass is 9.85. The van der Waals surface area contributed by atoms with Crippen LogP contribution in [0.2, 0.25) is 0 Å². The lowest BCUT2D eigenvalue weighted by molar-refractivity contribution is -0.133. The Balaban J connectivity index is 2.21. The van der Waals surface area contributed by atoms with Crippen molar-refractivity contribution in [2.24, 2.45) is 5.73 Å². The van der Waals surface area contributed by atoms with Crippen LogP contribution in [-0.2, 0) is 9.59 Å². The number of carbonyl (C=O) groups is 2. The summed E-state index contributed by atoms with van der Waals surface area (Å²) in [5, 5.41) is 11.9. The highest BCUT2D eigenvalue weighted by Gasteiger charge is 2.38. The van der Waals surface area contributed by atoms with E-state index in [9.17, 15) is 9.59 Å². The van der Waals surface area contributed by atoms with Crippen LogP contribution in [0, 0.1) is 0 Å². The van der Waals surface area contributed by atoms with E-state index in [0.29, 0.717) is 12.0 Å². The first-order valence-electron chi connectivity index (χ1n) is 6.19. The van der Waals surface area contributed by atoms with Crippen molar-refractivity contribution in [1.29, 1.82) is 0 Å². The van der Waals surface area contributed by atoms with Gasteiger partial charge in [-0.05, 0) is 12.8 Å². The first kappa shape index (κ1) is 13.0. The topological polar surface area (TPSA) is 95.7 Å². The van der Waals surface area contributed by atoms with Crippen LogP contribution in [-0.4, -0.2) is 53.1 Å². The van der Waals surface area contributed by atoms with E-state index in [0.717, 1.165) is 19.5 Å². The van der Waals surface area contributed by atoms with Gasteiger partial charge in [0, 0.05) is 31.6 Å². The molecule has 1 saturated heterocycles. The number of nitrogens with zero attached hydrogens (tertiary/aromatic N) is 1. The zero-order valence-electron chi connectivity index (χ0n) is 10.4. The number of hydrogen-bond donors (Lipinski definition) is 3. The van der Waals surface area contributed by atoms with Crippen molar-refractivity contribution in [1.82, 2.24) is 10.2 Å². The van der Waals surface area contributed by atoms with Gasteiger partial charge in [-0.1, -0.05) is 6.08 Å². The molecule has 0 aromatic heterocycles. The molecule has 1 fully saturated rings. The molecule has 1 amide bonds. The predicted octanol–water partition coefficient (Wildman–Crippen LogP) is -0.693. The van der Waals surface area contributed by atoms with Crippen molar-refractivity contribution in [2.45, 2.75) is 37.9 Å². The SMILES string of the molecule is CC(=O)N[C@H]1[C@H](N2CCC2)C=C(C(=O)O)C[C@@H]1N. The molecule has 6 nitrogen and oxygen atoms in total. The van der Waals surface area contributed by atoms with Crippen molar-refractivity contribution < 1.29 is 14.7 Å². The number of hydrogen-bond acceptors (Lipinski definition) is 4.